The van der Waals surface area contributed by atoms with Crippen molar-refractivity contribution in [2.75, 3.05) is 6.61 Å². The van der Waals surface area contributed by atoms with Gasteiger partial charge in [0, 0.05) is 23.7 Å². The molecular formula is C37H60N2O. The van der Waals surface area contributed by atoms with Crippen molar-refractivity contribution in [3.63, 3.8) is 0 Å². The lowest BCUT2D eigenvalue weighted by atomic mass is 9.99. The van der Waals surface area contributed by atoms with E-state index in [1.165, 1.54) is 115 Å². The van der Waals surface area contributed by atoms with Crippen LogP contribution < -0.4 is 4.74 Å². The highest BCUT2D eigenvalue weighted by Crippen LogP contribution is 2.34. The van der Waals surface area contributed by atoms with Crippen molar-refractivity contribution in [1.82, 2.24) is 4.98 Å². The molecule has 3 heteroatoms. The zero-order chi connectivity index (χ0) is 28.8. The van der Waals surface area contributed by atoms with Gasteiger partial charge in [-0.15, -0.1) is 0 Å². The smallest absolute Gasteiger partial charge is 0.123 e. The molecule has 2 rings (SSSR count). The van der Waals surface area contributed by atoms with Crippen molar-refractivity contribution in [3.05, 3.63) is 53.3 Å². The Morgan fingerprint density at radius 2 is 1.30 bits per heavy atom. The lowest BCUT2D eigenvalue weighted by Crippen LogP contribution is -2.02. The van der Waals surface area contributed by atoms with Gasteiger partial charge in [-0.05, 0) is 55.5 Å². The van der Waals surface area contributed by atoms with E-state index in [1.54, 1.807) is 6.20 Å². The first kappa shape index (κ1) is 34.0. The van der Waals surface area contributed by atoms with Crippen LogP contribution in [0, 0.1) is 6.92 Å². The van der Waals surface area contributed by atoms with Gasteiger partial charge in [-0.25, -0.2) is 0 Å². The second-order valence-corrected chi connectivity index (χ2v) is 12.1. The summed E-state index contributed by atoms with van der Waals surface area (Å²) in [6, 6.07) is 8.41. The average Bonchev–Trinajstić information content (AvgIpc) is 2.95. The molecule has 1 heterocycles. The Morgan fingerprint density at radius 1 is 0.775 bits per heavy atom. The fourth-order valence-electron chi connectivity index (χ4n) is 5.39. The molecule has 3 nitrogen and oxygen atoms in total. The van der Waals surface area contributed by atoms with Crippen LogP contribution in [0.25, 0.3) is 0 Å². The third-order valence-corrected chi connectivity index (χ3v) is 8.07. The van der Waals surface area contributed by atoms with Crippen LogP contribution in [0.2, 0.25) is 0 Å². The number of aliphatic imine (C=N–C) groups is 1. The molecule has 0 amide bonds. The van der Waals surface area contributed by atoms with Gasteiger partial charge in [0.2, 0.25) is 0 Å². The molecule has 0 saturated heterocycles. The molecule has 0 aliphatic heterocycles. The molecule has 0 N–H and O–H groups in total. The molecular weight excluding hydrogens is 488 g/mol. The summed E-state index contributed by atoms with van der Waals surface area (Å²) in [6.45, 7) is 11.7. The Balaban J connectivity index is 1.55. The average molecular weight is 549 g/mol. The van der Waals surface area contributed by atoms with Gasteiger partial charge in [0.05, 0.1) is 12.3 Å². The number of hydrogen-bond acceptors (Lipinski definition) is 3. The van der Waals surface area contributed by atoms with Crippen molar-refractivity contribution in [1.29, 1.82) is 0 Å². The largest absolute Gasteiger partial charge is 0.493 e. The second kappa shape index (κ2) is 21.6. The predicted octanol–water partition coefficient (Wildman–Crippen LogP) is 12.1. The Kier molecular flexibility index (Phi) is 18.4. The van der Waals surface area contributed by atoms with Crippen molar-refractivity contribution in [2.45, 2.75) is 156 Å². The third kappa shape index (κ3) is 14.5. The molecule has 0 aliphatic rings. The highest BCUT2D eigenvalue weighted by molar-refractivity contribution is 6.00. The summed E-state index contributed by atoms with van der Waals surface area (Å²) in [4.78, 5) is 9.15. The van der Waals surface area contributed by atoms with Gasteiger partial charge in [-0.2, -0.15) is 0 Å². The van der Waals surface area contributed by atoms with Crippen LogP contribution in [0.1, 0.15) is 166 Å². The first-order chi connectivity index (χ1) is 19.5. The van der Waals surface area contributed by atoms with Crippen molar-refractivity contribution < 1.29 is 4.74 Å². The van der Waals surface area contributed by atoms with Gasteiger partial charge >= 0.3 is 0 Å². The monoisotopic (exact) mass is 548 g/mol. The van der Waals surface area contributed by atoms with Gasteiger partial charge < -0.3 is 4.74 Å². The second-order valence-electron chi connectivity index (χ2n) is 12.1. The Bertz CT molecular complexity index is 935. The van der Waals surface area contributed by atoms with Crippen LogP contribution >= 0.6 is 0 Å². The number of aryl methyl sites for hydroxylation is 1. The van der Waals surface area contributed by atoms with E-state index >= 15 is 0 Å². The molecule has 1 aromatic heterocycles. The first-order valence-electron chi connectivity index (χ1n) is 16.8. The highest BCUT2D eigenvalue weighted by Gasteiger charge is 2.12. The fraction of sp³-hybridized carbons (Fsp3) is 0.676. The van der Waals surface area contributed by atoms with E-state index in [4.69, 9.17) is 9.73 Å². The van der Waals surface area contributed by atoms with Crippen LogP contribution in [0.15, 0.2) is 41.7 Å². The van der Waals surface area contributed by atoms with Crippen LogP contribution in [0.3, 0.4) is 0 Å². The minimum absolute atomic E-state index is 0.392. The van der Waals surface area contributed by atoms with E-state index < -0.39 is 0 Å². The van der Waals surface area contributed by atoms with E-state index in [0.717, 1.165) is 41.3 Å². The molecule has 0 radical (unpaired) electrons. The number of ether oxygens (including phenoxy) is 1. The minimum Gasteiger partial charge on any atom is -0.493 e. The SMILES string of the molecule is CCCCCCCCCCCCCCCCCCCCOc1cc(C)c(N=C(C)c2cccnc2)cc1C(C)C. The predicted molar refractivity (Wildman–Crippen MR) is 176 cm³/mol. The Morgan fingerprint density at radius 3 is 1.77 bits per heavy atom. The van der Waals surface area contributed by atoms with Crippen LogP contribution in [0.5, 0.6) is 5.75 Å². The summed E-state index contributed by atoms with van der Waals surface area (Å²) in [5, 5.41) is 0. The number of hydrogen-bond donors (Lipinski definition) is 0. The van der Waals surface area contributed by atoms with Gasteiger partial charge in [0.25, 0.3) is 0 Å². The molecule has 224 valence electrons. The lowest BCUT2D eigenvalue weighted by Gasteiger charge is -2.17. The van der Waals surface area contributed by atoms with Gasteiger partial charge in [0.15, 0.2) is 0 Å². The highest BCUT2D eigenvalue weighted by atomic mass is 16.5. The summed E-state index contributed by atoms with van der Waals surface area (Å²) in [5.74, 6) is 1.42. The zero-order valence-corrected chi connectivity index (χ0v) is 26.8. The van der Waals surface area contributed by atoms with Crippen molar-refractivity contribution >= 4 is 11.4 Å². The molecule has 0 unspecified atom stereocenters. The van der Waals surface area contributed by atoms with Crippen molar-refractivity contribution in [2.24, 2.45) is 4.99 Å². The van der Waals surface area contributed by atoms with E-state index in [1.807, 2.05) is 12.3 Å². The number of rotatable bonds is 23. The normalized spacial score (nSPS) is 11.9. The van der Waals surface area contributed by atoms with Crippen molar-refractivity contribution in [3.8, 4) is 5.75 Å². The molecule has 1 aromatic carbocycles. The number of nitrogens with zero attached hydrogens (tertiary/aromatic N) is 2. The Hall–Kier alpha value is -2.16. The number of unbranched alkanes of at least 4 members (excludes halogenated alkanes) is 17. The topological polar surface area (TPSA) is 34.5 Å². The summed E-state index contributed by atoms with van der Waals surface area (Å²) in [6.07, 6.45) is 28.9. The maximum Gasteiger partial charge on any atom is 0.123 e. The van der Waals surface area contributed by atoms with Gasteiger partial charge in [-0.3, -0.25) is 9.98 Å². The number of aromatic nitrogens is 1. The zero-order valence-electron chi connectivity index (χ0n) is 26.8. The van der Waals surface area contributed by atoms with E-state index in [2.05, 4.69) is 57.8 Å². The number of pyridine rings is 1. The first-order valence-corrected chi connectivity index (χ1v) is 16.8. The van der Waals surface area contributed by atoms with Gasteiger partial charge in [0.1, 0.15) is 5.75 Å². The maximum atomic E-state index is 6.29. The van der Waals surface area contributed by atoms with E-state index in [9.17, 15) is 0 Å². The molecule has 40 heavy (non-hydrogen) atoms. The quantitative estimate of drug-likeness (QED) is 0.102. The fourth-order valence-corrected chi connectivity index (χ4v) is 5.39. The lowest BCUT2D eigenvalue weighted by molar-refractivity contribution is 0.300. The summed E-state index contributed by atoms with van der Waals surface area (Å²) in [7, 11) is 0. The molecule has 0 bridgehead atoms. The molecule has 0 spiro atoms. The number of benzene rings is 1. The summed E-state index contributed by atoms with van der Waals surface area (Å²) in [5.41, 5.74) is 5.46. The minimum atomic E-state index is 0.392. The van der Waals surface area contributed by atoms with E-state index in [-0.39, 0.29) is 0 Å². The molecule has 0 fully saturated rings. The van der Waals surface area contributed by atoms with E-state index in [0.29, 0.717) is 5.92 Å². The Labute approximate surface area is 247 Å². The van der Waals surface area contributed by atoms with Gasteiger partial charge in [-0.1, -0.05) is 136 Å². The summed E-state index contributed by atoms with van der Waals surface area (Å²) >= 11 is 0. The van der Waals surface area contributed by atoms with Crippen LogP contribution in [-0.4, -0.2) is 17.3 Å². The standard InChI is InChI=1S/C37H60N2O/c1-6-7-8-9-10-11-12-13-14-15-16-17-18-19-20-21-22-23-27-40-37-28-32(4)36(29-35(37)31(2)3)39-33(5)34-25-24-26-38-30-34/h24-26,28-31H,6-23,27H2,1-5H3. The molecule has 2 aromatic rings. The van der Waals surface area contributed by atoms with Crippen LogP contribution in [-0.2, 0) is 0 Å². The molecule has 0 atom stereocenters. The molecule has 0 aliphatic carbocycles. The summed E-state index contributed by atoms with van der Waals surface area (Å²) < 4.78 is 6.29. The third-order valence-electron chi connectivity index (χ3n) is 8.07. The molecule has 0 saturated carbocycles. The van der Waals surface area contributed by atoms with Crippen LogP contribution in [0.4, 0.5) is 5.69 Å². The maximum absolute atomic E-state index is 6.29.